The van der Waals surface area contributed by atoms with Crippen LogP contribution in [0, 0.1) is 5.92 Å². The van der Waals surface area contributed by atoms with E-state index in [-0.39, 0.29) is 19.1 Å². The maximum absolute atomic E-state index is 12.9. The van der Waals surface area contributed by atoms with Gasteiger partial charge >= 0.3 is 13.5 Å². The van der Waals surface area contributed by atoms with Crippen LogP contribution in [0.25, 0.3) is 0 Å². The van der Waals surface area contributed by atoms with E-state index < -0.39 is 43.0 Å². The number of rotatable bonds is 6. The molecule has 3 rings (SSSR count). The van der Waals surface area contributed by atoms with Crippen molar-refractivity contribution < 1.29 is 22.9 Å². The van der Waals surface area contributed by atoms with Gasteiger partial charge in [-0.25, -0.2) is 9.36 Å². The van der Waals surface area contributed by atoms with Gasteiger partial charge in [-0.05, 0) is 12.8 Å². The van der Waals surface area contributed by atoms with Crippen molar-refractivity contribution in [3.63, 3.8) is 0 Å². The normalized spacial score (nSPS) is 36.1. The molecule has 3 N–H and O–H groups in total. The van der Waals surface area contributed by atoms with E-state index in [1.165, 1.54) is 16.8 Å². The zero-order valence-corrected chi connectivity index (χ0v) is 16.5. The number of phosphoric acid groups is 1. The first-order valence-electron chi connectivity index (χ1n) is 9.03. The lowest BCUT2D eigenvalue weighted by Crippen LogP contribution is -2.55. The van der Waals surface area contributed by atoms with Gasteiger partial charge in [0.05, 0.1) is 18.8 Å². The molecule has 1 aromatic heterocycles. The van der Waals surface area contributed by atoms with Crippen LogP contribution >= 0.6 is 7.82 Å². The molecule has 11 heteroatoms. The SMILES string of the molecule is CCC(CC)CO[P@]1(=O)OC[C@H]2O[C@@H](n3ccc(=O)[nH]c3=O)[C@](C)(N)[C@@H]2O1. The molecule has 0 amide bonds. The number of fused-ring (bicyclic) bond motifs is 1. The fourth-order valence-corrected chi connectivity index (χ4v) is 4.89. The predicted molar refractivity (Wildman–Crippen MR) is 96.3 cm³/mol. The minimum atomic E-state index is -3.79. The summed E-state index contributed by atoms with van der Waals surface area (Å²) in [5.41, 5.74) is 4.03. The molecule has 0 aromatic carbocycles. The summed E-state index contributed by atoms with van der Waals surface area (Å²) < 4.78 is 36.3. The number of nitrogens with one attached hydrogen (secondary N) is 1. The van der Waals surface area contributed by atoms with Gasteiger partial charge in [-0.2, -0.15) is 0 Å². The number of H-pyrrole nitrogens is 1. The highest BCUT2D eigenvalue weighted by atomic mass is 31.2. The topological polar surface area (TPSA) is 135 Å². The maximum atomic E-state index is 12.9. The van der Waals surface area contributed by atoms with Crippen molar-refractivity contribution in [2.45, 2.75) is 57.6 Å². The predicted octanol–water partition coefficient (Wildman–Crippen LogP) is 1.13. The Balaban J connectivity index is 1.79. The Labute approximate surface area is 156 Å². The average molecular weight is 403 g/mol. The highest BCUT2D eigenvalue weighted by Gasteiger charge is 2.59. The van der Waals surface area contributed by atoms with E-state index in [1.807, 2.05) is 13.8 Å². The first-order valence-corrected chi connectivity index (χ1v) is 10.5. The van der Waals surface area contributed by atoms with E-state index in [0.29, 0.717) is 0 Å². The second-order valence-corrected chi connectivity index (χ2v) is 8.78. The van der Waals surface area contributed by atoms with Gasteiger partial charge < -0.3 is 10.5 Å². The van der Waals surface area contributed by atoms with Crippen LogP contribution in [0.3, 0.4) is 0 Å². The molecule has 0 radical (unpaired) electrons. The molecule has 152 valence electrons. The van der Waals surface area contributed by atoms with Gasteiger partial charge in [-0.1, -0.05) is 26.7 Å². The molecule has 3 heterocycles. The number of phosphoric ester groups is 1. The van der Waals surface area contributed by atoms with Crippen LogP contribution in [0.15, 0.2) is 21.9 Å². The highest BCUT2D eigenvalue weighted by molar-refractivity contribution is 7.48. The smallest absolute Gasteiger partial charge is 0.347 e. The van der Waals surface area contributed by atoms with Crippen LogP contribution < -0.4 is 17.0 Å². The summed E-state index contributed by atoms with van der Waals surface area (Å²) >= 11 is 0. The summed E-state index contributed by atoms with van der Waals surface area (Å²) in [4.78, 5) is 25.6. The monoisotopic (exact) mass is 403 g/mol. The molecule has 2 saturated heterocycles. The quantitative estimate of drug-likeness (QED) is 0.675. The number of hydrogen-bond donors (Lipinski definition) is 2. The number of aromatic nitrogens is 2. The van der Waals surface area contributed by atoms with Gasteiger partial charge in [0.25, 0.3) is 5.56 Å². The zero-order chi connectivity index (χ0) is 19.8. The third-order valence-electron chi connectivity index (χ3n) is 5.15. The molecule has 1 aromatic rings. The summed E-state index contributed by atoms with van der Waals surface area (Å²) in [6.07, 6.45) is 0.726. The molecule has 0 unspecified atom stereocenters. The van der Waals surface area contributed by atoms with E-state index in [9.17, 15) is 14.2 Å². The van der Waals surface area contributed by atoms with Crippen molar-refractivity contribution in [1.29, 1.82) is 0 Å². The van der Waals surface area contributed by atoms with Crippen LogP contribution in [0.1, 0.15) is 39.8 Å². The lowest BCUT2D eigenvalue weighted by molar-refractivity contribution is -0.0733. The lowest BCUT2D eigenvalue weighted by atomic mass is 9.93. The third kappa shape index (κ3) is 3.96. The average Bonchev–Trinajstić information content (AvgIpc) is 2.86. The van der Waals surface area contributed by atoms with Crippen LogP contribution in [0.2, 0.25) is 0 Å². The number of nitrogens with two attached hydrogens (primary N) is 1. The first kappa shape index (κ1) is 20.4. The maximum Gasteiger partial charge on any atom is 0.475 e. The molecular weight excluding hydrogens is 377 g/mol. The molecule has 0 aliphatic carbocycles. The Morgan fingerprint density at radius 2 is 2.15 bits per heavy atom. The first-order chi connectivity index (χ1) is 12.7. The van der Waals surface area contributed by atoms with Crippen LogP contribution in [-0.4, -0.2) is 40.5 Å². The Bertz CT molecular complexity index is 832. The molecule has 2 aliphatic heterocycles. The minimum Gasteiger partial charge on any atom is -0.347 e. The second-order valence-electron chi connectivity index (χ2n) is 7.16. The summed E-state index contributed by atoms with van der Waals surface area (Å²) in [6, 6.07) is 1.20. The molecule has 2 aliphatic rings. The molecule has 2 fully saturated rings. The van der Waals surface area contributed by atoms with Crippen LogP contribution in [-0.2, 0) is 22.9 Å². The summed E-state index contributed by atoms with van der Waals surface area (Å²) in [5.74, 6) is 0.248. The van der Waals surface area contributed by atoms with Gasteiger partial charge in [0, 0.05) is 12.3 Å². The van der Waals surface area contributed by atoms with Crippen LogP contribution in [0.5, 0.6) is 0 Å². The van der Waals surface area contributed by atoms with E-state index in [2.05, 4.69) is 4.98 Å². The summed E-state index contributed by atoms with van der Waals surface area (Å²) in [7, 11) is -3.79. The fourth-order valence-electron chi connectivity index (χ4n) is 3.33. The Hall–Kier alpha value is -1.29. The molecule has 27 heavy (non-hydrogen) atoms. The summed E-state index contributed by atoms with van der Waals surface area (Å²) in [6.45, 7) is 5.91. The minimum absolute atomic E-state index is 0.0355. The molecule has 0 spiro atoms. The molecule has 0 bridgehead atoms. The van der Waals surface area contributed by atoms with Crippen molar-refractivity contribution in [2.75, 3.05) is 13.2 Å². The van der Waals surface area contributed by atoms with E-state index >= 15 is 0 Å². The van der Waals surface area contributed by atoms with Crippen molar-refractivity contribution in [2.24, 2.45) is 11.7 Å². The second kappa shape index (κ2) is 7.62. The number of hydrogen-bond acceptors (Lipinski definition) is 8. The Morgan fingerprint density at radius 3 is 2.78 bits per heavy atom. The van der Waals surface area contributed by atoms with Crippen LogP contribution in [0.4, 0.5) is 0 Å². The number of ether oxygens (including phenoxy) is 1. The Morgan fingerprint density at radius 1 is 1.44 bits per heavy atom. The largest absolute Gasteiger partial charge is 0.475 e. The zero-order valence-electron chi connectivity index (χ0n) is 15.6. The van der Waals surface area contributed by atoms with Crippen molar-refractivity contribution >= 4 is 7.82 Å². The van der Waals surface area contributed by atoms with E-state index in [1.54, 1.807) is 6.92 Å². The third-order valence-corrected chi connectivity index (χ3v) is 6.57. The van der Waals surface area contributed by atoms with Crippen molar-refractivity contribution in [3.8, 4) is 0 Å². The number of aromatic amines is 1. The standard InChI is InChI=1S/C16H26N3O7P/c1-4-10(5-2)8-23-27(22)24-9-11-13(26-27)16(3,17)14(25-11)19-7-6-12(20)18-15(19)21/h6-7,10-11,13-14H,4-5,8-9,17H2,1-3H3,(H,18,20,21)/t11-,13-,14-,16-,27-/m1/s1. The fraction of sp³-hybridized carbons (Fsp3) is 0.750. The molecule has 0 saturated carbocycles. The van der Waals surface area contributed by atoms with Crippen molar-refractivity contribution in [1.82, 2.24) is 9.55 Å². The van der Waals surface area contributed by atoms with Gasteiger partial charge in [0.2, 0.25) is 0 Å². The molecule has 10 nitrogen and oxygen atoms in total. The van der Waals surface area contributed by atoms with Gasteiger partial charge in [-0.3, -0.25) is 27.9 Å². The van der Waals surface area contributed by atoms with Gasteiger partial charge in [-0.15, -0.1) is 0 Å². The van der Waals surface area contributed by atoms with Gasteiger partial charge in [0.1, 0.15) is 12.2 Å². The van der Waals surface area contributed by atoms with Crippen molar-refractivity contribution in [3.05, 3.63) is 33.1 Å². The highest BCUT2D eigenvalue weighted by Crippen LogP contribution is 2.58. The van der Waals surface area contributed by atoms with E-state index in [4.69, 9.17) is 24.0 Å². The lowest BCUT2D eigenvalue weighted by Gasteiger charge is -2.36. The van der Waals surface area contributed by atoms with Gasteiger partial charge in [0.15, 0.2) is 6.23 Å². The molecule has 5 atom stereocenters. The van der Waals surface area contributed by atoms with E-state index in [0.717, 1.165) is 12.8 Å². The number of nitrogens with zero attached hydrogens (tertiary/aromatic N) is 1. The molecular formula is C16H26N3O7P. The summed E-state index contributed by atoms with van der Waals surface area (Å²) in [5, 5.41) is 0. The Kier molecular flexibility index (Phi) is 5.77.